The largest absolute Gasteiger partial charge is 0.496 e. The van der Waals surface area contributed by atoms with E-state index in [1.807, 2.05) is 27.0 Å². The van der Waals surface area contributed by atoms with E-state index in [0.29, 0.717) is 0 Å². The van der Waals surface area contributed by atoms with Crippen LogP contribution in [0.1, 0.15) is 23.7 Å². The van der Waals surface area contributed by atoms with E-state index in [2.05, 4.69) is 10.3 Å². The van der Waals surface area contributed by atoms with Gasteiger partial charge in [0.05, 0.1) is 19.4 Å². The minimum Gasteiger partial charge on any atom is -0.496 e. The van der Waals surface area contributed by atoms with Gasteiger partial charge in [-0.1, -0.05) is 0 Å². The predicted octanol–water partition coefficient (Wildman–Crippen LogP) is 1.83. The van der Waals surface area contributed by atoms with Crippen LogP contribution in [0.15, 0.2) is 6.20 Å². The summed E-state index contributed by atoms with van der Waals surface area (Å²) >= 11 is 0. The van der Waals surface area contributed by atoms with Gasteiger partial charge in [-0.15, -0.1) is 0 Å². The van der Waals surface area contributed by atoms with E-state index >= 15 is 0 Å². The van der Waals surface area contributed by atoms with Gasteiger partial charge in [0.1, 0.15) is 5.75 Å². The molecule has 0 amide bonds. The topological polar surface area (TPSA) is 43.4 Å². The highest BCUT2D eigenvalue weighted by Gasteiger charge is 2.08. The first kappa shape index (κ1) is 13.9. The molecule has 1 aromatic heterocycles. The summed E-state index contributed by atoms with van der Waals surface area (Å²) in [7, 11) is 1.70. The van der Waals surface area contributed by atoms with Crippen LogP contribution in [0.3, 0.4) is 0 Å². The molecule has 0 fully saturated rings. The first-order valence-corrected chi connectivity index (χ1v) is 5.98. The molecule has 96 valence electrons. The molecule has 0 saturated heterocycles. The second-order valence-electron chi connectivity index (χ2n) is 3.92. The summed E-state index contributed by atoms with van der Waals surface area (Å²) < 4.78 is 10.6. The number of nitrogens with zero attached hydrogens (tertiary/aromatic N) is 1. The van der Waals surface area contributed by atoms with Gasteiger partial charge in [-0.05, 0) is 20.8 Å². The fourth-order valence-electron chi connectivity index (χ4n) is 1.74. The molecule has 1 rings (SSSR count). The molecular formula is C13H22N2O2. The van der Waals surface area contributed by atoms with Gasteiger partial charge in [0.15, 0.2) is 0 Å². The number of hydrogen-bond acceptors (Lipinski definition) is 4. The minimum absolute atomic E-state index is 0.735. The van der Waals surface area contributed by atoms with Crippen molar-refractivity contribution in [2.75, 3.05) is 26.9 Å². The zero-order chi connectivity index (χ0) is 12.7. The fraction of sp³-hybridized carbons (Fsp3) is 0.615. The molecule has 1 aromatic rings. The van der Waals surface area contributed by atoms with Crippen LogP contribution in [-0.2, 0) is 11.3 Å². The SMILES string of the molecule is CCOCCNCc1ncc(C)c(OC)c1C. The van der Waals surface area contributed by atoms with Gasteiger partial charge in [-0.25, -0.2) is 0 Å². The van der Waals surface area contributed by atoms with E-state index < -0.39 is 0 Å². The molecule has 0 aromatic carbocycles. The van der Waals surface area contributed by atoms with Crippen LogP contribution >= 0.6 is 0 Å². The first-order valence-electron chi connectivity index (χ1n) is 5.98. The Bertz CT molecular complexity index is 354. The van der Waals surface area contributed by atoms with Crippen molar-refractivity contribution in [2.24, 2.45) is 0 Å². The van der Waals surface area contributed by atoms with E-state index in [1.165, 1.54) is 0 Å². The third-order valence-electron chi connectivity index (χ3n) is 2.67. The summed E-state index contributed by atoms with van der Waals surface area (Å²) in [6.07, 6.45) is 1.85. The van der Waals surface area contributed by atoms with Crippen molar-refractivity contribution in [2.45, 2.75) is 27.3 Å². The molecule has 1 N–H and O–H groups in total. The molecule has 4 heteroatoms. The number of hydrogen-bond donors (Lipinski definition) is 1. The fourth-order valence-corrected chi connectivity index (χ4v) is 1.74. The van der Waals surface area contributed by atoms with Crippen LogP contribution in [0, 0.1) is 13.8 Å². The quantitative estimate of drug-likeness (QED) is 0.736. The van der Waals surface area contributed by atoms with Crippen LogP contribution < -0.4 is 10.1 Å². The molecule has 0 radical (unpaired) electrons. The van der Waals surface area contributed by atoms with Gasteiger partial charge in [-0.2, -0.15) is 0 Å². The molecule has 0 unspecified atom stereocenters. The van der Waals surface area contributed by atoms with Gasteiger partial charge in [0, 0.05) is 37.0 Å². The lowest BCUT2D eigenvalue weighted by molar-refractivity contribution is 0.149. The summed E-state index contributed by atoms with van der Waals surface area (Å²) in [4.78, 5) is 4.42. The lowest BCUT2D eigenvalue weighted by atomic mass is 10.1. The number of pyridine rings is 1. The molecule has 0 aliphatic carbocycles. The van der Waals surface area contributed by atoms with Crippen LogP contribution in [-0.4, -0.2) is 31.9 Å². The number of rotatable bonds is 7. The van der Waals surface area contributed by atoms with Crippen LogP contribution in [0.4, 0.5) is 0 Å². The van der Waals surface area contributed by atoms with Gasteiger partial charge >= 0.3 is 0 Å². The maximum atomic E-state index is 5.37. The van der Waals surface area contributed by atoms with Gasteiger partial charge in [-0.3, -0.25) is 4.98 Å². The van der Waals surface area contributed by atoms with Crippen molar-refractivity contribution in [3.8, 4) is 5.75 Å². The van der Waals surface area contributed by atoms with Crippen molar-refractivity contribution in [3.05, 3.63) is 23.0 Å². The molecular weight excluding hydrogens is 216 g/mol. The lowest BCUT2D eigenvalue weighted by Crippen LogP contribution is -2.20. The molecule has 17 heavy (non-hydrogen) atoms. The monoisotopic (exact) mass is 238 g/mol. The zero-order valence-electron chi connectivity index (χ0n) is 11.2. The number of ether oxygens (including phenoxy) is 2. The third-order valence-corrected chi connectivity index (χ3v) is 2.67. The summed E-state index contributed by atoms with van der Waals surface area (Å²) in [5, 5.41) is 3.31. The third kappa shape index (κ3) is 3.98. The molecule has 1 heterocycles. The lowest BCUT2D eigenvalue weighted by Gasteiger charge is -2.12. The number of aryl methyl sites for hydroxylation is 1. The van der Waals surface area contributed by atoms with E-state index in [1.54, 1.807) is 7.11 Å². The Labute approximate surface area is 103 Å². The van der Waals surface area contributed by atoms with E-state index in [4.69, 9.17) is 9.47 Å². The Morgan fingerprint density at radius 3 is 2.76 bits per heavy atom. The normalized spacial score (nSPS) is 10.6. The Hall–Kier alpha value is -1.13. The van der Waals surface area contributed by atoms with Crippen LogP contribution in [0.2, 0.25) is 0 Å². The van der Waals surface area contributed by atoms with Gasteiger partial charge in [0.25, 0.3) is 0 Å². The zero-order valence-corrected chi connectivity index (χ0v) is 11.2. The second-order valence-corrected chi connectivity index (χ2v) is 3.92. The van der Waals surface area contributed by atoms with Crippen molar-refractivity contribution in [3.63, 3.8) is 0 Å². The Morgan fingerprint density at radius 2 is 2.12 bits per heavy atom. The van der Waals surface area contributed by atoms with Crippen LogP contribution in [0.5, 0.6) is 5.75 Å². The average molecular weight is 238 g/mol. The summed E-state index contributed by atoms with van der Waals surface area (Å²) in [6, 6.07) is 0. The second kappa shape index (κ2) is 7.25. The van der Waals surface area contributed by atoms with E-state index in [0.717, 1.165) is 48.9 Å². The minimum atomic E-state index is 0.735. The van der Waals surface area contributed by atoms with Crippen molar-refractivity contribution >= 4 is 0 Å². The van der Waals surface area contributed by atoms with Gasteiger partial charge < -0.3 is 14.8 Å². The van der Waals surface area contributed by atoms with E-state index in [-0.39, 0.29) is 0 Å². The van der Waals surface area contributed by atoms with Crippen molar-refractivity contribution in [1.82, 2.24) is 10.3 Å². The Kier molecular flexibility index (Phi) is 5.94. The van der Waals surface area contributed by atoms with E-state index in [9.17, 15) is 0 Å². The molecule has 0 aliphatic rings. The average Bonchev–Trinajstić information content (AvgIpc) is 2.32. The Morgan fingerprint density at radius 1 is 1.35 bits per heavy atom. The molecule has 0 saturated carbocycles. The standard InChI is InChI=1S/C13H22N2O2/c1-5-17-7-6-14-9-12-11(3)13(16-4)10(2)8-15-12/h8,14H,5-7,9H2,1-4H3. The van der Waals surface area contributed by atoms with Crippen molar-refractivity contribution < 1.29 is 9.47 Å². The summed E-state index contributed by atoms with van der Waals surface area (Å²) in [5.74, 6) is 0.932. The summed E-state index contributed by atoms with van der Waals surface area (Å²) in [5.41, 5.74) is 3.21. The molecule has 0 spiro atoms. The molecule has 0 bridgehead atoms. The highest BCUT2D eigenvalue weighted by atomic mass is 16.5. The number of aromatic nitrogens is 1. The molecule has 4 nitrogen and oxygen atoms in total. The molecule has 0 atom stereocenters. The van der Waals surface area contributed by atoms with Crippen molar-refractivity contribution in [1.29, 1.82) is 0 Å². The maximum Gasteiger partial charge on any atom is 0.128 e. The number of nitrogens with one attached hydrogen (secondary N) is 1. The van der Waals surface area contributed by atoms with Gasteiger partial charge in [0.2, 0.25) is 0 Å². The predicted molar refractivity (Wildman–Crippen MR) is 68.5 cm³/mol. The Balaban J connectivity index is 2.54. The summed E-state index contributed by atoms with van der Waals surface area (Å²) in [6.45, 7) is 9.12. The highest BCUT2D eigenvalue weighted by molar-refractivity contribution is 5.40. The molecule has 0 aliphatic heterocycles. The number of methoxy groups -OCH3 is 1. The smallest absolute Gasteiger partial charge is 0.128 e. The van der Waals surface area contributed by atoms with Crippen LogP contribution in [0.25, 0.3) is 0 Å². The first-order chi connectivity index (χ1) is 8.20. The highest BCUT2D eigenvalue weighted by Crippen LogP contribution is 2.23. The maximum absolute atomic E-state index is 5.37.